The Labute approximate surface area is 118 Å². The molecule has 0 fully saturated rings. The van der Waals surface area contributed by atoms with Crippen molar-refractivity contribution in [1.29, 1.82) is 0 Å². The molecule has 1 heterocycles. The molecule has 0 aliphatic heterocycles. The van der Waals surface area contributed by atoms with Crippen LogP contribution in [0.4, 0.5) is 0 Å². The third-order valence-electron chi connectivity index (χ3n) is 2.54. The molecule has 0 N–H and O–H groups in total. The number of hydrogen-bond acceptors (Lipinski definition) is 4. The summed E-state index contributed by atoms with van der Waals surface area (Å²) < 4.78 is 6.46. The van der Waals surface area contributed by atoms with Crippen molar-refractivity contribution in [3.63, 3.8) is 0 Å². The van der Waals surface area contributed by atoms with Gasteiger partial charge in [-0.05, 0) is 41.9 Å². The zero-order valence-electron chi connectivity index (χ0n) is 10.1. The molecule has 0 radical (unpaired) electrons. The number of benzene rings is 1. The number of ether oxygens (including phenoxy) is 1. The molecule has 94 valence electrons. The molecule has 0 aliphatic rings. The Hall–Kier alpha value is -1.20. The van der Waals surface area contributed by atoms with Gasteiger partial charge in [0.2, 0.25) is 0 Å². The number of carbonyl (C=O) groups is 1. The lowest BCUT2D eigenvalue weighted by atomic mass is 10.2. The van der Waals surface area contributed by atoms with Crippen LogP contribution in [-0.2, 0) is 6.61 Å². The number of hydrogen-bond donors (Lipinski definition) is 0. The van der Waals surface area contributed by atoms with Crippen molar-refractivity contribution < 1.29 is 9.53 Å². The summed E-state index contributed by atoms with van der Waals surface area (Å²) >= 11 is 4.99. The molecule has 0 aliphatic carbocycles. The first-order valence-corrected chi connectivity index (χ1v) is 7.02. The highest BCUT2D eigenvalue weighted by molar-refractivity contribution is 9.10. The van der Waals surface area contributed by atoms with Gasteiger partial charge in [-0.3, -0.25) is 4.79 Å². The molecule has 0 unspecified atom stereocenters. The number of para-hydroxylation sites is 1. The van der Waals surface area contributed by atoms with Crippen molar-refractivity contribution in [3.05, 3.63) is 43.8 Å². The summed E-state index contributed by atoms with van der Waals surface area (Å²) in [7, 11) is 0. The van der Waals surface area contributed by atoms with Crippen molar-refractivity contribution in [2.24, 2.45) is 0 Å². The molecule has 2 rings (SSSR count). The first kappa shape index (κ1) is 13.2. The average molecular weight is 326 g/mol. The summed E-state index contributed by atoms with van der Waals surface area (Å²) in [6.07, 6.45) is 0.790. The van der Waals surface area contributed by atoms with Crippen molar-refractivity contribution in [2.75, 3.05) is 0 Å². The van der Waals surface area contributed by atoms with E-state index in [-0.39, 0.29) is 0 Å². The van der Waals surface area contributed by atoms with E-state index in [0.29, 0.717) is 17.9 Å². The lowest BCUT2D eigenvalue weighted by Gasteiger charge is -2.08. The largest absolute Gasteiger partial charge is 0.484 e. The van der Waals surface area contributed by atoms with E-state index in [4.69, 9.17) is 4.74 Å². The minimum absolute atomic E-state index is 0.378. The summed E-state index contributed by atoms with van der Waals surface area (Å²) in [5.41, 5.74) is 1.57. The van der Waals surface area contributed by atoms with E-state index in [1.807, 2.05) is 19.9 Å². The second kappa shape index (κ2) is 5.63. The number of halogens is 1. The quantitative estimate of drug-likeness (QED) is 0.800. The smallest absolute Gasteiger partial charge is 0.153 e. The van der Waals surface area contributed by atoms with Crippen molar-refractivity contribution >= 4 is 33.6 Å². The number of aldehydes is 1. The van der Waals surface area contributed by atoms with Gasteiger partial charge >= 0.3 is 0 Å². The lowest BCUT2D eigenvalue weighted by molar-refractivity contribution is 0.111. The summed E-state index contributed by atoms with van der Waals surface area (Å²) in [6.45, 7) is 4.39. The van der Waals surface area contributed by atoms with Crippen molar-refractivity contribution in [1.82, 2.24) is 4.98 Å². The third kappa shape index (κ3) is 2.79. The molecular formula is C13H12BrNO2S. The Bertz CT molecular complexity index is 561. The molecule has 0 saturated carbocycles. The summed E-state index contributed by atoms with van der Waals surface area (Å²) in [5.74, 6) is 0.568. The minimum Gasteiger partial charge on any atom is -0.484 e. The van der Waals surface area contributed by atoms with E-state index in [0.717, 1.165) is 21.5 Å². The van der Waals surface area contributed by atoms with Gasteiger partial charge in [0.1, 0.15) is 17.4 Å². The Kier molecular flexibility index (Phi) is 4.14. The van der Waals surface area contributed by atoms with Crippen LogP contribution in [0, 0.1) is 13.8 Å². The second-order valence-electron chi connectivity index (χ2n) is 3.81. The number of carbonyl (C=O) groups excluding carboxylic acids is 1. The molecule has 0 bridgehead atoms. The molecule has 0 saturated heterocycles. The Morgan fingerprint density at radius 1 is 1.44 bits per heavy atom. The fraction of sp³-hybridized carbons (Fsp3) is 0.231. The lowest BCUT2D eigenvalue weighted by Crippen LogP contribution is -1.98. The monoisotopic (exact) mass is 325 g/mol. The number of aryl methyl sites for hydroxylation is 2. The predicted molar refractivity (Wildman–Crippen MR) is 75.4 cm³/mol. The van der Waals surface area contributed by atoms with Crippen LogP contribution in [0.5, 0.6) is 5.75 Å². The SMILES string of the molecule is Cc1nc(COc2c(Br)cccc2C=O)sc1C. The summed E-state index contributed by atoms with van der Waals surface area (Å²) in [4.78, 5) is 16.5. The predicted octanol–water partition coefficient (Wildman–Crippen LogP) is 3.91. The number of thiazole rings is 1. The van der Waals surface area contributed by atoms with Crippen molar-refractivity contribution in [3.8, 4) is 5.75 Å². The second-order valence-corrected chi connectivity index (χ2v) is 5.96. The summed E-state index contributed by atoms with van der Waals surface area (Å²) in [6, 6.07) is 5.38. The van der Waals surface area contributed by atoms with E-state index in [1.165, 1.54) is 4.88 Å². The highest BCUT2D eigenvalue weighted by Crippen LogP contribution is 2.29. The van der Waals surface area contributed by atoms with Crippen LogP contribution in [0.25, 0.3) is 0 Å². The number of rotatable bonds is 4. The van der Waals surface area contributed by atoms with Crippen LogP contribution in [0.1, 0.15) is 25.9 Å². The van der Waals surface area contributed by atoms with Crippen LogP contribution < -0.4 is 4.74 Å². The maximum Gasteiger partial charge on any atom is 0.153 e. The molecule has 0 spiro atoms. The van der Waals surface area contributed by atoms with Crippen molar-refractivity contribution in [2.45, 2.75) is 20.5 Å². The Balaban J connectivity index is 2.17. The van der Waals surface area contributed by atoms with E-state index in [9.17, 15) is 4.79 Å². The van der Waals surface area contributed by atoms with Crippen LogP contribution in [-0.4, -0.2) is 11.3 Å². The van der Waals surface area contributed by atoms with Gasteiger partial charge in [-0.15, -0.1) is 11.3 Å². The van der Waals surface area contributed by atoms with Gasteiger partial charge in [-0.25, -0.2) is 4.98 Å². The molecule has 0 amide bonds. The van der Waals surface area contributed by atoms with E-state index < -0.39 is 0 Å². The fourth-order valence-electron chi connectivity index (χ4n) is 1.51. The maximum atomic E-state index is 10.9. The highest BCUT2D eigenvalue weighted by Gasteiger charge is 2.09. The number of nitrogens with zero attached hydrogens (tertiary/aromatic N) is 1. The molecule has 18 heavy (non-hydrogen) atoms. The van der Waals surface area contributed by atoms with Gasteiger partial charge in [-0.1, -0.05) is 6.07 Å². The minimum atomic E-state index is 0.378. The van der Waals surface area contributed by atoms with Crippen LogP contribution in [0.2, 0.25) is 0 Å². The molecule has 0 atom stereocenters. The zero-order valence-corrected chi connectivity index (χ0v) is 12.5. The van der Waals surface area contributed by atoms with E-state index >= 15 is 0 Å². The standard InChI is InChI=1S/C13H12BrNO2S/c1-8-9(2)18-12(15-8)7-17-13-10(6-16)4-3-5-11(13)14/h3-6H,7H2,1-2H3. The van der Waals surface area contributed by atoms with Crippen LogP contribution in [0.3, 0.4) is 0 Å². The topological polar surface area (TPSA) is 39.2 Å². The van der Waals surface area contributed by atoms with E-state index in [1.54, 1.807) is 23.5 Å². The third-order valence-corrected chi connectivity index (χ3v) is 4.21. The molecule has 2 aromatic rings. The highest BCUT2D eigenvalue weighted by atomic mass is 79.9. The Morgan fingerprint density at radius 3 is 2.83 bits per heavy atom. The molecule has 1 aromatic heterocycles. The molecular weight excluding hydrogens is 314 g/mol. The summed E-state index contributed by atoms with van der Waals surface area (Å²) in [5, 5.41) is 0.914. The molecule has 3 nitrogen and oxygen atoms in total. The van der Waals surface area contributed by atoms with Crippen LogP contribution in [0.15, 0.2) is 22.7 Å². The van der Waals surface area contributed by atoms with Gasteiger partial charge in [-0.2, -0.15) is 0 Å². The van der Waals surface area contributed by atoms with Gasteiger partial charge in [0.25, 0.3) is 0 Å². The number of aromatic nitrogens is 1. The molecule has 1 aromatic carbocycles. The van der Waals surface area contributed by atoms with Crippen LogP contribution >= 0.6 is 27.3 Å². The van der Waals surface area contributed by atoms with E-state index in [2.05, 4.69) is 20.9 Å². The van der Waals surface area contributed by atoms with Gasteiger partial charge in [0.15, 0.2) is 6.29 Å². The first-order valence-electron chi connectivity index (χ1n) is 5.41. The maximum absolute atomic E-state index is 10.9. The Morgan fingerprint density at radius 2 is 2.22 bits per heavy atom. The molecule has 5 heteroatoms. The zero-order chi connectivity index (χ0) is 13.1. The fourth-order valence-corrected chi connectivity index (χ4v) is 2.85. The average Bonchev–Trinajstić information content (AvgIpc) is 2.67. The van der Waals surface area contributed by atoms with Gasteiger partial charge in [0.05, 0.1) is 15.7 Å². The van der Waals surface area contributed by atoms with Gasteiger partial charge in [0, 0.05) is 4.88 Å². The van der Waals surface area contributed by atoms with Gasteiger partial charge < -0.3 is 4.74 Å². The normalized spacial score (nSPS) is 10.4. The first-order chi connectivity index (χ1) is 8.61.